The van der Waals surface area contributed by atoms with Gasteiger partial charge >= 0.3 is 12.0 Å². The lowest BCUT2D eigenvalue weighted by atomic mass is 10.2. The number of nitrogens with one attached hydrogen (secondary N) is 2. The topological polar surface area (TPSA) is 116 Å². The fourth-order valence-corrected chi connectivity index (χ4v) is 3.77. The number of fused-ring (bicyclic) bond motifs is 1. The number of ether oxygens (including phenoxy) is 3. The van der Waals surface area contributed by atoms with Crippen molar-refractivity contribution in [3.63, 3.8) is 0 Å². The van der Waals surface area contributed by atoms with E-state index in [1.54, 1.807) is 36.5 Å². The van der Waals surface area contributed by atoms with Crippen molar-refractivity contribution < 1.29 is 28.6 Å². The molecule has 3 aromatic rings. The van der Waals surface area contributed by atoms with Crippen LogP contribution in [0.25, 0.3) is 0 Å². The first-order chi connectivity index (χ1) is 16.1. The van der Waals surface area contributed by atoms with Crippen LogP contribution in [0.4, 0.5) is 10.5 Å². The number of pyridine rings is 1. The Morgan fingerprint density at radius 2 is 1.76 bits per heavy atom. The van der Waals surface area contributed by atoms with Gasteiger partial charge in [0.25, 0.3) is 5.91 Å². The van der Waals surface area contributed by atoms with E-state index in [9.17, 15) is 14.4 Å². The number of rotatable bonds is 6. The minimum Gasteiger partial charge on any atom is -0.486 e. The Morgan fingerprint density at radius 1 is 0.970 bits per heavy atom. The van der Waals surface area contributed by atoms with E-state index in [-0.39, 0.29) is 5.56 Å². The summed E-state index contributed by atoms with van der Waals surface area (Å²) in [5.74, 6) is -0.418. The van der Waals surface area contributed by atoms with E-state index >= 15 is 0 Å². The third-order valence-electron chi connectivity index (χ3n) is 4.34. The van der Waals surface area contributed by atoms with Crippen LogP contribution in [0, 0.1) is 0 Å². The van der Waals surface area contributed by atoms with E-state index in [2.05, 4.69) is 15.6 Å². The van der Waals surface area contributed by atoms with E-state index < -0.39 is 24.5 Å². The third kappa shape index (κ3) is 6.01. The molecule has 0 radical (unpaired) electrons. The molecular weight excluding hydrogens is 446 g/mol. The standard InChI is InChI=1S/C23H19N3O6S/c27-20(26-23(29)25-15-8-9-18-19(13-15)31-12-11-30-18)14-32-22(28)17-7-4-10-24-21(17)33-16-5-2-1-3-6-16/h1-10,13H,11-12,14H2,(H2,25,26,27,29). The highest BCUT2D eigenvalue weighted by Crippen LogP contribution is 2.32. The first-order valence-corrected chi connectivity index (χ1v) is 10.8. The van der Waals surface area contributed by atoms with Crippen molar-refractivity contribution in [2.75, 3.05) is 25.1 Å². The van der Waals surface area contributed by atoms with E-state index in [4.69, 9.17) is 14.2 Å². The Balaban J connectivity index is 1.29. The van der Waals surface area contributed by atoms with Crippen LogP contribution >= 0.6 is 11.8 Å². The minimum absolute atomic E-state index is 0.222. The Hall–Kier alpha value is -4.05. The van der Waals surface area contributed by atoms with Crippen molar-refractivity contribution in [2.24, 2.45) is 0 Å². The van der Waals surface area contributed by atoms with Crippen molar-refractivity contribution in [1.82, 2.24) is 10.3 Å². The third-order valence-corrected chi connectivity index (χ3v) is 5.36. The van der Waals surface area contributed by atoms with Gasteiger partial charge in [-0.2, -0.15) is 0 Å². The number of carbonyl (C=O) groups is 3. The van der Waals surface area contributed by atoms with Crippen LogP contribution in [0.2, 0.25) is 0 Å². The van der Waals surface area contributed by atoms with Crippen molar-refractivity contribution in [1.29, 1.82) is 0 Å². The molecular formula is C23H19N3O6S. The van der Waals surface area contributed by atoms with Crippen LogP contribution in [-0.2, 0) is 9.53 Å². The molecule has 1 aromatic heterocycles. The molecule has 0 bridgehead atoms. The molecule has 4 rings (SSSR count). The van der Waals surface area contributed by atoms with Crippen molar-refractivity contribution in [3.8, 4) is 11.5 Å². The number of hydrogen-bond acceptors (Lipinski definition) is 8. The van der Waals surface area contributed by atoms with Crippen LogP contribution in [-0.4, -0.2) is 42.7 Å². The van der Waals surface area contributed by atoms with Gasteiger partial charge in [0.1, 0.15) is 18.2 Å². The molecule has 0 atom stereocenters. The number of esters is 1. The van der Waals surface area contributed by atoms with Crippen molar-refractivity contribution in [2.45, 2.75) is 9.92 Å². The monoisotopic (exact) mass is 465 g/mol. The summed E-state index contributed by atoms with van der Waals surface area (Å²) in [6.45, 7) is 0.242. The predicted octanol–water partition coefficient (Wildman–Crippen LogP) is 3.51. The molecule has 33 heavy (non-hydrogen) atoms. The lowest BCUT2D eigenvalue weighted by Crippen LogP contribution is -2.37. The molecule has 0 aliphatic carbocycles. The van der Waals surface area contributed by atoms with Gasteiger partial charge < -0.3 is 19.5 Å². The number of benzene rings is 2. The first kappa shape index (κ1) is 22.2. The molecule has 2 N–H and O–H groups in total. The number of urea groups is 1. The number of nitrogens with zero attached hydrogens (tertiary/aromatic N) is 1. The zero-order chi connectivity index (χ0) is 23.0. The lowest BCUT2D eigenvalue weighted by molar-refractivity contribution is -0.123. The second-order valence-corrected chi connectivity index (χ2v) is 7.77. The molecule has 2 aromatic carbocycles. The highest BCUT2D eigenvalue weighted by atomic mass is 32.2. The molecule has 0 saturated heterocycles. The second kappa shape index (κ2) is 10.5. The molecule has 1 aliphatic rings. The average Bonchev–Trinajstić information content (AvgIpc) is 2.83. The van der Waals surface area contributed by atoms with E-state index in [0.717, 1.165) is 4.90 Å². The van der Waals surface area contributed by atoms with Gasteiger partial charge in [-0.3, -0.25) is 10.1 Å². The van der Waals surface area contributed by atoms with Crippen molar-refractivity contribution in [3.05, 3.63) is 72.4 Å². The molecule has 0 fully saturated rings. The van der Waals surface area contributed by atoms with Crippen LogP contribution in [0.3, 0.4) is 0 Å². The Bertz CT molecular complexity index is 1170. The van der Waals surface area contributed by atoms with Gasteiger partial charge in [-0.25, -0.2) is 14.6 Å². The number of aromatic nitrogens is 1. The van der Waals surface area contributed by atoms with Crippen LogP contribution < -0.4 is 20.1 Å². The molecule has 168 valence electrons. The number of hydrogen-bond donors (Lipinski definition) is 2. The maximum Gasteiger partial charge on any atom is 0.341 e. The Morgan fingerprint density at radius 3 is 2.58 bits per heavy atom. The van der Waals surface area contributed by atoms with Gasteiger partial charge in [0, 0.05) is 22.8 Å². The van der Waals surface area contributed by atoms with Crippen molar-refractivity contribution >= 4 is 35.4 Å². The van der Waals surface area contributed by atoms with Gasteiger partial charge in [-0.05, 0) is 36.4 Å². The van der Waals surface area contributed by atoms with Gasteiger partial charge in [-0.15, -0.1) is 0 Å². The summed E-state index contributed by atoms with van der Waals surface area (Å²) in [6.07, 6.45) is 1.57. The summed E-state index contributed by atoms with van der Waals surface area (Å²) < 4.78 is 15.9. The number of imide groups is 1. The lowest BCUT2D eigenvalue weighted by Gasteiger charge is -2.19. The summed E-state index contributed by atoms with van der Waals surface area (Å²) in [6, 6.07) is 16.7. The van der Waals surface area contributed by atoms with Gasteiger partial charge in [0.2, 0.25) is 0 Å². The smallest absolute Gasteiger partial charge is 0.341 e. The fourth-order valence-electron chi connectivity index (χ4n) is 2.88. The summed E-state index contributed by atoms with van der Waals surface area (Å²) in [4.78, 5) is 41.8. The number of carbonyl (C=O) groups excluding carboxylic acids is 3. The van der Waals surface area contributed by atoms with E-state index in [1.165, 1.54) is 11.8 Å². The first-order valence-electron chi connectivity index (χ1n) is 9.94. The Kier molecular flexibility index (Phi) is 7.06. The molecule has 0 spiro atoms. The molecule has 3 amide bonds. The zero-order valence-electron chi connectivity index (χ0n) is 17.3. The SMILES string of the molecule is O=C(COC(=O)c1cccnc1Sc1ccccc1)NC(=O)Nc1ccc2c(c1)OCCO2. The van der Waals surface area contributed by atoms with Gasteiger partial charge in [0.05, 0.1) is 5.56 Å². The molecule has 10 heteroatoms. The molecule has 2 heterocycles. The highest BCUT2D eigenvalue weighted by Gasteiger charge is 2.18. The quantitative estimate of drug-likeness (QED) is 0.532. The predicted molar refractivity (Wildman–Crippen MR) is 120 cm³/mol. The zero-order valence-corrected chi connectivity index (χ0v) is 18.1. The molecule has 0 unspecified atom stereocenters. The summed E-state index contributed by atoms with van der Waals surface area (Å²) in [7, 11) is 0. The summed E-state index contributed by atoms with van der Waals surface area (Å²) >= 11 is 1.30. The summed E-state index contributed by atoms with van der Waals surface area (Å²) in [5, 5.41) is 5.08. The number of amides is 3. The number of anilines is 1. The van der Waals surface area contributed by atoms with E-state index in [0.29, 0.717) is 35.4 Å². The minimum atomic E-state index is -0.778. The largest absolute Gasteiger partial charge is 0.486 e. The average molecular weight is 465 g/mol. The molecule has 9 nitrogen and oxygen atoms in total. The highest BCUT2D eigenvalue weighted by molar-refractivity contribution is 7.99. The summed E-state index contributed by atoms with van der Waals surface area (Å²) in [5.41, 5.74) is 0.638. The van der Waals surface area contributed by atoms with Crippen LogP contribution in [0.1, 0.15) is 10.4 Å². The maximum absolute atomic E-state index is 12.5. The van der Waals surface area contributed by atoms with Crippen LogP contribution in [0.5, 0.6) is 11.5 Å². The van der Waals surface area contributed by atoms with Gasteiger partial charge in [0.15, 0.2) is 18.1 Å². The Labute approximate surface area is 193 Å². The molecule has 1 aliphatic heterocycles. The molecule has 0 saturated carbocycles. The fraction of sp³-hybridized carbons (Fsp3) is 0.130. The van der Waals surface area contributed by atoms with E-state index in [1.807, 2.05) is 30.3 Å². The van der Waals surface area contributed by atoms with Gasteiger partial charge in [-0.1, -0.05) is 30.0 Å². The second-order valence-electron chi connectivity index (χ2n) is 6.71. The normalized spacial score (nSPS) is 11.9. The maximum atomic E-state index is 12.5. The van der Waals surface area contributed by atoms with Crippen LogP contribution in [0.15, 0.2) is 76.8 Å².